The lowest BCUT2D eigenvalue weighted by atomic mass is 10.3. The van der Waals surface area contributed by atoms with Crippen LogP contribution in [0.1, 0.15) is 32.4 Å². The number of guanidine groups is 1. The quantitative estimate of drug-likeness (QED) is 0.279. The Labute approximate surface area is 150 Å². The molecule has 1 aromatic heterocycles. The highest BCUT2D eigenvalue weighted by Gasteiger charge is 2.33. The molecule has 0 radical (unpaired) electrons. The van der Waals surface area contributed by atoms with Gasteiger partial charge in [0, 0.05) is 38.8 Å². The van der Waals surface area contributed by atoms with Crippen LogP contribution < -0.4 is 10.6 Å². The summed E-state index contributed by atoms with van der Waals surface area (Å²) >= 11 is 0. The average molecular weight is 421 g/mol. The number of nitrogens with zero attached hydrogens (tertiary/aromatic N) is 1. The summed E-state index contributed by atoms with van der Waals surface area (Å²) in [6.07, 6.45) is 4.77. The minimum atomic E-state index is 0. The molecule has 2 rings (SSSR count). The Kier molecular flexibility index (Phi) is 9.54. The number of hydrogen-bond acceptors (Lipinski definition) is 3. The van der Waals surface area contributed by atoms with Crippen molar-refractivity contribution >= 4 is 29.9 Å². The van der Waals surface area contributed by atoms with E-state index in [1.807, 2.05) is 19.1 Å². The van der Waals surface area contributed by atoms with Gasteiger partial charge in [-0.1, -0.05) is 6.92 Å². The van der Waals surface area contributed by atoms with Crippen molar-refractivity contribution in [3.8, 4) is 0 Å². The van der Waals surface area contributed by atoms with Crippen LogP contribution in [-0.2, 0) is 11.2 Å². The zero-order valence-electron chi connectivity index (χ0n) is 13.5. The van der Waals surface area contributed by atoms with Crippen LogP contribution in [0, 0.1) is 5.92 Å². The molecule has 1 heterocycles. The van der Waals surface area contributed by atoms with Crippen LogP contribution in [0.4, 0.5) is 0 Å². The molecule has 0 bridgehead atoms. The molecule has 22 heavy (non-hydrogen) atoms. The molecule has 1 saturated carbocycles. The van der Waals surface area contributed by atoms with Gasteiger partial charge in [0.2, 0.25) is 0 Å². The summed E-state index contributed by atoms with van der Waals surface area (Å²) in [5, 5.41) is 6.86. The molecule has 0 saturated heterocycles. The van der Waals surface area contributed by atoms with Gasteiger partial charge < -0.3 is 19.8 Å². The smallest absolute Gasteiger partial charge is 0.191 e. The zero-order valence-corrected chi connectivity index (χ0v) is 15.8. The highest BCUT2D eigenvalue weighted by atomic mass is 127. The fourth-order valence-corrected chi connectivity index (χ4v) is 2.11. The predicted molar refractivity (Wildman–Crippen MR) is 99.9 cm³/mol. The molecule has 0 spiro atoms. The molecule has 1 aliphatic rings. The monoisotopic (exact) mass is 421 g/mol. The zero-order chi connectivity index (χ0) is 14.9. The summed E-state index contributed by atoms with van der Waals surface area (Å²) in [6, 6.07) is 4.49. The van der Waals surface area contributed by atoms with E-state index in [9.17, 15) is 0 Å². The van der Waals surface area contributed by atoms with E-state index < -0.39 is 0 Å². The molecule has 126 valence electrons. The van der Waals surface area contributed by atoms with Crippen LogP contribution in [0.2, 0.25) is 0 Å². The fraction of sp³-hybridized carbons (Fsp3) is 0.688. The Balaban J connectivity index is 0.00000242. The summed E-state index contributed by atoms with van der Waals surface area (Å²) in [6.45, 7) is 7.44. The third kappa shape index (κ3) is 7.49. The van der Waals surface area contributed by atoms with Gasteiger partial charge in [0.1, 0.15) is 5.76 Å². The van der Waals surface area contributed by atoms with E-state index in [2.05, 4.69) is 22.5 Å². The van der Waals surface area contributed by atoms with Crippen molar-refractivity contribution in [2.24, 2.45) is 10.9 Å². The van der Waals surface area contributed by atoms with Crippen molar-refractivity contribution < 1.29 is 9.15 Å². The highest BCUT2D eigenvalue weighted by Crippen LogP contribution is 2.28. The SMILES string of the molecule is CCOCCCN=C(NCCc1ccco1)NC1CC1C.I. The molecule has 1 fully saturated rings. The number of ether oxygens (including phenoxy) is 1. The summed E-state index contributed by atoms with van der Waals surface area (Å²) in [5.41, 5.74) is 0. The fourth-order valence-electron chi connectivity index (χ4n) is 2.11. The second-order valence-corrected chi connectivity index (χ2v) is 5.50. The normalized spacial score (nSPS) is 20.4. The number of furan rings is 1. The van der Waals surface area contributed by atoms with Gasteiger partial charge in [-0.3, -0.25) is 4.99 Å². The van der Waals surface area contributed by atoms with Crippen LogP contribution in [-0.4, -0.2) is 38.3 Å². The van der Waals surface area contributed by atoms with Gasteiger partial charge in [0.25, 0.3) is 0 Å². The third-order valence-electron chi connectivity index (χ3n) is 3.60. The van der Waals surface area contributed by atoms with Gasteiger partial charge in [0.15, 0.2) is 5.96 Å². The molecular weight excluding hydrogens is 393 g/mol. The molecule has 1 aromatic rings. The summed E-state index contributed by atoms with van der Waals surface area (Å²) in [5.74, 6) is 2.66. The number of halogens is 1. The molecule has 2 unspecified atom stereocenters. The van der Waals surface area contributed by atoms with Crippen LogP contribution in [0.5, 0.6) is 0 Å². The highest BCUT2D eigenvalue weighted by molar-refractivity contribution is 14.0. The van der Waals surface area contributed by atoms with Gasteiger partial charge in [0.05, 0.1) is 6.26 Å². The molecule has 0 aliphatic heterocycles. The van der Waals surface area contributed by atoms with Crippen molar-refractivity contribution in [3.05, 3.63) is 24.2 Å². The second-order valence-electron chi connectivity index (χ2n) is 5.50. The Hall–Kier alpha value is -0.760. The van der Waals surface area contributed by atoms with E-state index in [0.717, 1.165) is 56.8 Å². The summed E-state index contributed by atoms with van der Waals surface area (Å²) in [4.78, 5) is 4.61. The molecule has 2 atom stereocenters. The molecule has 0 amide bonds. The van der Waals surface area contributed by atoms with Gasteiger partial charge in [-0.2, -0.15) is 0 Å². The maximum atomic E-state index is 5.33. The minimum Gasteiger partial charge on any atom is -0.469 e. The lowest BCUT2D eigenvalue weighted by Gasteiger charge is -2.12. The Bertz CT molecular complexity index is 423. The standard InChI is InChI=1S/C16H27N3O2.HI/c1-3-20-10-5-8-17-16(19-15-12-13(15)2)18-9-7-14-6-4-11-21-14;/h4,6,11,13,15H,3,5,7-10,12H2,1-2H3,(H2,17,18,19);1H. The summed E-state index contributed by atoms with van der Waals surface area (Å²) in [7, 11) is 0. The number of nitrogens with one attached hydrogen (secondary N) is 2. The lowest BCUT2D eigenvalue weighted by molar-refractivity contribution is 0.146. The van der Waals surface area contributed by atoms with Gasteiger partial charge in [-0.25, -0.2) is 0 Å². The molecule has 6 heteroatoms. The van der Waals surface area contributed by atoms with E-state index in [1.54, 1.807) is 6.26 Å². The van der Waals surface area contributed by atoms with Crippen LogP contribution in [0.15, 0.2) is 27.8 Å². The first-order chi connectivity index (χ1) is 10.3. The van der Waals surface area contributed by atoms with Crippen LogP contribution >= 0.6 is 24.0 Å². The van der Waals surface area contributed by atoms with Crippen LogP contribution in [0.3, 0.4) is 0 Å². The van der Waals surface area contributed by atoms with Crippen molar-refractivity contribution in [1.29, 1.82) is 0 Å². The Morgan fingerprint density at radius 2 is 2.32 bits per heavy atom. The first-order valence-corrected chi connectivity index (χ1v) is 7.94. The Morgan fingerprint density at radius 3 is 2.95 bits per heavy atom. The molecule has 2 N–H and O–H groups in total. The van der Waals surface area contributed by atoms with Crippen molar-refractivity contribution in [1.82, 2.24) is 10.6 Å². The average Bonchev–Trinajstić information content (AvgIpc) is 2.95. The molecule has 1 aliphatic carbocycles. The number of aliphatic imine (C=N–C) groups is 1. The maximum absolute atomic E-state index is 5.33. The van der Waals surface area contributed by atoms with Crippen LogP contribution in [0.25, 0.3) is 0 Å². The molecular formula is C16H28IN3O2. The largest absolute Gasteiger partial charge is 0.469 e. The molecule has 0 aromatic carbocycles. The number of rotatable bonds is 9. The lowest BCUT2D eigenvalue weighted by Crippen LogP contribution is -2.40. The second kappa shape index (κ2) is 10.9. The summed E-state index contributed by atoms with van der Waals surface area (Å²) < 4.78 is 10.7. The van der Waals surface area contributed by atoms with Crippen molar-refractivity contribution in [2.45, 2.75) is 39.2 Å². The topological polar surface area (TPSA) is 58.8 Å². The predicted octanol–water partition coefficient (Wildman–Crippen LogP) is 2.81. The maximum Gasteiger partial charge on any atom is 0.191 e. The van der Waals surface area contributed by atoms with E-state index in [4.69, 9.17) is 9.15 Å². The van der Waals surface area contributed by atoms with Crippen molar-refractivity contribution in [3.63, 3.8) is 0 Å². The van der Waals surface area contributed by atoms with E-state index >= 15 is 0 Å². The molecule has 5 nitrogen and oxygen atoms in total. The van der Waals surface area contributed by atoms with Crippen molar-refractivity contribution in [2.75, 3.05) is 26.3 Å². The van der Waals surface area contributed by atoms with Gasteiger partial charge in [-0.05, 0) is 37.8 Å². The van der Waals surface area contributed by atoms with E-state index in [1.165, 1.54) is 6.42 Å². The Morgan fingerprint density at radius 1 is 1.50 bits per heavy atom. The van der Waals surface area contributed by atoms with Gasteiger partial charge in [-0.15, -0.1) is 24.0 Å². The minimum absolute atomic E-state index is 0. The third-order valence-corrected chi connectivity index (χ3v) is 3.60. The number of hydrogen-bond donors (Lipinski definition) is 2. The first kappa shape index (κ1) is 19.3. The van der Waals surface area contributed by atoms with Gasteiger partial charge >= 0.3 is 0 Å². The van der Waals surface area contributed by atoms with E-state index in [-0.39, 0.29) is 24.0 Å². The first-order valence-electron chi connectivity index (χ1n) is 7.94. The van der Waals surface area contributed by atoms with E-state index in [0.29, 0.717) is 6.04 Å².